The van der Waals surface area contributed by atoms with Gasteiger partial charge >= 0.3 is 0 Å². The van der Waals surface area contributed by atoms with Crippen LogP contribution in [0.2, 0.25) is 0 Å². The van der Waals surface area contributed by atoms with E-state index < -0.39 is 0 Å². The van der Waals surface area contributed by atoms with Crippen molar-refractivity contribution in [1.29, 1.82) is 0 Å². The van der Waals surface area contributed by atoms with Gasteiger partial charge in [-0.1, -0.05) is 6.07 Å². The molecule has 3 aromatic rings. The van der Waals surface area contributed by atoms with Crippen molar-refractivity contribution in [3.8, 4) is 11.4 Å². The van der Waals surface area contributed by atoms with Gasteiger partial charge in [0.1, 0.15) is 5.82 Å². The predicted molar refractivity (Wildman–Crippen MR) is 71.2 cm³/mol. The number of rotatable bonds is 3. The number of pyridine rings is 2. The molecule has 0 unspecified atom stereocenters. The van der Waals surface area contributed by atoms with Gasteiger partial charge in [-0.2, -0.15) is 0 Å². The monoisotopic (exact) mass is 238 g/mol. The first kappa shape index (κ1) is 10.9. The minimum Gasteiger partial charge on any atom is -0.330 e. The Morgan fingerprint density at radius 2 is 1.94 bits per heavy atom. The lowest BCUT2D eigenvalue weighted by Gasteiger charge is -1.99. The zero-order valence-corrected chi connectivity index (χ0v) is 9.95. The summed E-state index contributed by atoms with van der Waals surface area (Å²) in [4.78, 5) is 8.74. The molecule has 4 nitrogen and oxygen atoms in total. The lowest BCUT2D eigenvalue weighted by molar-refractivity contribution is 0.944. The van der Waals surface area contributed by atoms with Crippen LogP contribution < -0.4 is 5.73 Å². The van der Waals surface area contributed by atoms with Crippen LogP contribution in [-0.4, -0.2) is 20.9 Å². The van der Waals surface area contributed by atoms with E-state index in [4.69, 9.17) is 10.7 Å². The van der Waals surface area contributed by atoms with Crippen LogP contribution in [0.4, 0.5) is 0 Å². The molecule has 0 radical (unpaired) electrons. The van der Waals surface area contributed by atoms with E-state index in [1.807, 2.05) is 30.5 Å². The molecule has 0 spiro atoms. The SMILES string of the molecule is NCCc1nc(-c2ccncc2)n2ccccc12. The molecule has 0 bridgehead atoms. The van der Waals surface area contributed by atoms with Crippen molar-refractivity contribution in [3.63, 3.8) is 0 Å². The third-order valence-electron chi connectivity index (χ3n) is 2.94. The Labute approximate surface area is 105 Å². The molecule has 0 aliphatic rings. The number of fused-ring (bicyclic) bond motifs is 1. The summed E-state index contributed by atoms with van der Waals surface area (Å²) in [6.45, 7) is 0.608. The lowest BCUT2D eigenvalue weighted by Crippen LogP contribution is -2.03. The van der Waals surface area contributed by atoms with Crippen LogP contribution in [0.1, 0.15) is 5.69 Å². The Hall–Kier alpha value is -2.20. The normalized spacial score (nSPS) is 10.9. The molecule has 90 valence electrons. The number of nitrogens with two attached hydrogens (primary N) is 1. The number of imidazole rings is 1. The van der Waals surface area contributed by atoms with Gasteiger partial charge in [0.05, 0.1) is 11.2 Å². The third kappa shape index (κ3) is 1.76. The highest BCUT2D eigenvalue weighted by molar-refractivity contribution is 5.65. The molecule has 3 aromatic heterocycles. The standard InChI is InChI=1S/C14H14N4/c15-7-4-12-13-3-1-2-10-18(13)14(17-12)11-5-8-16-9-6-11/h1-3,5-6,8-10H,4,7,15H2. The van der Waals surface area contributed by atoms with Gasteiger partial charge in [-0.05, 0) is 30.8 Å². The van der Waals surface area contributed by atoms with Crippen molar-refractivity contribution in [3.05, 3.63) is 54.6 Å². The van der Waals surface area contributed by atoms with Crippen LogP contribution in [0.15, 0.2) is 48.9 Å². The highest BCUT2D eigenvalue weighted by Gasteiger charge is 2.11. The average molecular weight is 238 g/mol. The van der Waals surface area contributed by atoms with E-state index in [1.54, 1.807) is 12.4 Å². The Kier molecular flexibility index (Phi) is 2.78. The van der Waals surface area contributed by atoms with Gasteiger partial charge in [0.25, 0.3) is 0 Å². The molecule has 0 saturated heterocycles. The minimum absolute atomic E-state index is 0.608. The molecule has 2 N–H and O–H groups in total. The van der Waals surface area contributed by atoms with Gasteiger partial charge < -0.3 is 5.73 Å². The molecule has 0 aliphatic heterocycles. The largest absolute Gasteiger partial charge is 0.330 e. The summed E-state index contributed by atoms with van der Waals surface area (Å²) in [5.41, 5.74) is 8.87. The fraction of sp³-hybridized carbons (Fsp3) is 0.143. The quantitative estimate of drug-likeness (QED) is 0.758. The number of nitrogens with zero attached hydrogens (tertiary/aromatic N) is 3. The topological polar surface area (TPSA) is 56.2 Å². The van der Waals surface area contributed by atoms with Crippen LogP contribution in [0, 0.1) is 0 Å². The highest BCUT2D eigenvalue weighted by Crippen LogP contribution is 2.22. The summed E-state index contributed by atoms with van der Waals surface area (Å²) < 4.78 is 2.10. The molecule has 3 heterocycles. The van der Waals surface area contributed by atoms with Crippen molar-refractivity contribution in [1.82, 2.24) is 14.4 Å². The van der Waals surface area contributed by atoms with E-state index in [9.17, 15) is 0 Å². The summed E-state index contributed by atoms with van der Waals surface area (Å²) in [5, 5.41) is 0. The van der Waals surface area contributed by atoms with Gasteiger partial charge in [0.15, 0.2) is 0 Å². The maximum atomic E-state index is 5.64. The number of hydrogen-bond donors (Lipinski definition) is 1. The van der Waals surface area contributed by atoms with Crippen molar-refractivity contribution >= 4 is 5.52 Å². The van der Waals surface area contributed by atoms with Crippen LogP contribution in [0.5, 0.6) is 0 Å². The second kappa shape index (κ2) is 4.58. The molecule has 18 heavy (non-hydrogen) atoms. The predicted octanol–water partition coefficient (Wildman–Crippen LogP) is 1.90. The van der Waals surface area contributed by atoms with Gasteiger partial charge in [0.2, 0.25) is 0 Å². The highest BCUT2D eigenvalue weighted by atomic mass is 15.0. The van der Waals surface area contributed by atoms with Crippen LogP contribution in [0.25, 0.3) is 16.9 Å². The summed E-state index contributed by atoms with van der Waals surface area (Å²) in [5.74, 6) is 0.941. The molecule has 0 saturated carbocycles. The fourth-order valence-electron chi connectivity index (χ4n) is 2.13. The third-order valence-corrected chi connectivity index (χ3v) is 2.94. The van der Waals surface area contributed by atoms with Gasteiger partial charge in [-0.15, -0.1) is 0 Å². The Morgan fingerprint density at radius 3 is 2.72 bits per heavy atom. The maximum absolute atomic E-state index is 5.64. The van der Waals surface area contributed by atoms with Gasteiger partial charge in [-0.3, -0.25) is 9.38 Å². The van der Waals surface area contributed by atoms with Gasteiger partial charge in [-0.25, -0.2) is 4.98 Å². The Balaban J connectivity index is 2.24. The molecule has 3 rings (SSSR count). The molecule has 0 aromatic carbocycles. The minimum atomic E-state index is 0.608. The maximum Gasteiger partial charge on any atom is 0.144 e. The summed E-state index contributed by atoms with van der Waals surface area (Å²) in [6, 6.07) is 10.0. The fourth-order valence-corrected chi connectivity index (χ4v) is 2.13. The molecule has 4 heteroatoms. The smallest absolute Gasteiger partial charge is 0.144 e. The molecule has 0 aliphatic carbocycles. The molecular weight excluding hydrogens is 224 g/mol. The Morgan fingerprint density at radius 1 is 1.11 bits per heavy atom. The molecular formula is C14H14N4. The average Bonchev–Trinajstić information content (AvgIpc) is 2.80. The van der Waals surface area contributed by atoms with Crippen LogP contribution in [0.3, 0.4) is 0 Å². The van der Waals surface area contributed by atoms with Crippen molar-refractivity contribution in [2.24, 2.45) is 5.73 Å². The van der Waals surface area contributed by atoms with Gasteiger partial charge in [0, 0.05) is 30.6 Å². The first-order valence-corrected chi connectivity index (χ1v) is 5.96. The van der Waals surface area contributed by atoms with E-state index in [0.29, 0.717) is 6.54 Å². The summed E-state index contributed by atoms with van der Waals surface area (Å²) in [7, 11) is 0. The number of aromatic nitrogens is 3. The Bertz CT molecular complexity index is 658. The van der Waals surface area contributed by atoms with E-state index in [-0.39, 0.29) is 0 Å². The molecule has 0 fully saturated rings. The van der Waals surface area contributed by atoms with E-state index in [1.165, 1.54) is 0 Å². The molecule has 0 atom stereocenters. The van der Waals surface area contributed by atoms with E-state index in [0.717, 1.165) is 29.0 Å². The second-order valence-corrected chi connectivity index (χ2v) is 4.11. The zero-order chi connectivity index (χ0) is 12.4. The van der Waals surface area contributed by atoms with Crippen molar-refractivity contribution < 1.29 is 0 Å². The zero-order valence-electron chi connectivity index (χ0n) is 9.95. The van der Waals surface area contributed by atoms with Crippen LogP contribution >= 0.6 is 0 Å². The number of hydrogen-bond acceptors (Lipinski definition) is 3. The van der Waals surface area contributed by atoms with E-state index in [2.05, 4.69) is 15.5 Å². The van der Waals surface area contributed by atoms with Crippen LogP contribution in [-0.2, 0) is 6.42 Å². The summed E-state index contributed by atoms with van der Waals surface area (Å²) >= 11 is 0. The molecule has 0 amide bonds. The van der Waals surface area contributed by atoms with E-state index >= 15 is 0 Å². The van der Waals surface area contributed by atoms with Crippen molar-refractivity contribution in [2.75, 3.05) is 6.54 Å². The summed E-state index contributed by atoms with van der Waals surface area (Å²) in [6.07, 6.45) is 6.38. The first-order chi connectivity index (χ1) is 8.90. The second-order valence-electron chi connectivity index (χ2n) is 4.11. The van der Waals surface area contributed by atoms with Crippen molar-refractivity contribution in [2.45, 2.75) is 6.42 Å². The first-order valence-electron chi connectivity index (χ1n) is 5.96. The lowest BCUT2D eigenvalue weighted by atomic mass is 10.2.